The zero-order valence-corrected chi connectivity index (χ0v) is 15.7. The lowest BCUT2D eigenvalue weighted by Gasteiger charge is -2.23. The van der Waals surface area contributed by atoms with Crippen molar-refractivity contribution >= 4 is 23.3 Å². The predicted molar refractivity (Wildman–Crippen MR) is 103 cm³/mol. The van der Waals surface area contributed by atoms with E-state index in [4.69, 9.17) is 0 Å². The average Bonchev–Trinajstić information content (AvgIpc) is 3.12. The van der Waals surface area contributed by atoms with Crippen molar-refractivity contribution in [2.24, 2.45) is 0 Å². The van der Waals surface area contributed by atoms with Gasteiger partial charge < -0.3 is 15.5 Å². The Bertz CT molecular complexity index is 539. The van der Waals surface area contributed by atoms with Crippen LogP contribution in [0.5, 0.6) is 0 Å². The smallest absolute Gasteiger partial charge is 0.315 e. The first-order chi connectivity index (χ1) is 12.2. The highest BCUT2D eigenvalue weighted by Crippen LogP contribution is 2.17. The van der Waals surface area contributed by atoms with Gasteiger partial charge >= 0.3 is 6.03 Å². The van der Waals surface area contributed by atoms with E-state index >= 15 is 0 Å². The molecular weight excluding hydrogens is 334 g/mol. The van der Waals surface area contributed by atoms with Crippen LogP contribution >= 0.6 is 11.3 Å². The fourth-order valence-electron chi connectivity index (χ4n) is 3.08. The zero-order chi connectivity index (χ0) is 17.9. The van der Waals surface area contributed by atoms with Gasteiger partial charge in [0.15, 0.2) is 0 Å². The summed E-state index contributed by atoms with van der Waals surface area (Å²) in [6.45, 7) is 5.42. The molecule has 1 aromatic heterocycles. The lowest BCUT2D eigenvalue weighted by atomic mass is 9.96. The molecule has 5 nitrogen and oxygen atoms in total. The van der Waals surface area contributed by atoms with Crippen LogP contribution in [0.25, 0.3) is 0 Å². The van der Waals surface area contributed by atoms with Crippen molar-refractivity contribution in [1.29, 1.82) is 0 Å². The van der Waals surface area contributed by atoms with E-state index in [1.807, 2.05) is 17.5 Å². The van der Waals surface area contributed by atoms with Gasteiger partial charge in [0.05, 0.1) is 6.54 Å². The molecule has 0 aliphatic heterocycles. The Kier molecular flexibility index (Phi) is 8.52. The standard InChI is InChI=1S/C19H29N3O2S/c1-2-13-22(15-17-10-7-14-25-17)18(23)11-6-12-20-19(24)21-16-8-4-3-5-9-16/h2,7,10,14,16H,1,3-6,8-9,11-13,15H2,(H2,20,21,24). The topological polar surface area (TPSA) is 61.4 Å². The number of rotatable bonds is 9. The van der Waals surface area contributed by atoms with Crippen molar-refractivity contribution < 1.29 is 9.59 Å². The monoisotopic (exact) mass is 363 g/mol. The van der Waals surface area contributed by atoms with Crippen molar-refractivity contribution in [3.8, 4) is 0 Å². The zero-order valence-electron chi connectivity index (χ0n) is 14.8. The Morgan fingerprint density at radius 2 is 2.12 bits per heavy atom. The first kappa shape index (κ1) is 19.5. The first-order valence-corrected chi connectivity index (χ1v) is 10.0. The van der Waals surface area contributed by atoms with Gasteiger partial charge in [-0.05, 0) is 30.7 Å². The van der Waals surface area contributed by atoms with Crippen molar-refractivity contribution in [2.45, 2.75) is 57.5 Å². The quantitative estimate of drug-likeness (QED) is 0.519. The molecule has 0 unspecified atom stereocenters. The average molecular weight is 364 g/mol. The lowest BCUT2D eigenvalue weighted by Crippen LogP contribution is -2.43. The molecule has 0 spiro atoms. The largest absolute Gasteiger partial charge is 0.338 e. The molecule has 1 aliphatic carbocycles. The Hall–Kier alpha value is -1.82. The van der Waals surface area contributed by atoms with E-state index < -0.39 is 0 Å². The third-order valence-electron chi connectivity index (χ3n) is 4.42. The number of carbonyl (C=O) groups excluding carboxylic acids is 2. The summed E-state index contributed by atoms with van der Waals surface area (Å²) < 4.78 is 0. The number of hydrogen-bond acceptors (Lipinski definition) is 3. The van der Waals surface area contributed by atoms with Gasteiger partial charge in [0.25, 0.3) is 0 Å². The Balaban J connectivity index is 1.63. The van der Waals surface area contributed by atoms with Gasteiger partial charge in [0, 0.05) is 30.4 Å². The van der Waals surface area contributed by atoms with Gasteiger partial charge in [0.2, 0.25) is 5.91 Å². The molecule has 1 fully saturated rings. The maximum Gasteiger partial charge on any atom is 0.315 e. The van der Waals surface area contributed by atoms with Crippen molar-refractivity contribution in [3.05, 3.63) is 35.0 Å². The van der Waals surface area contributed by atoms with Crippen LogP contribution in [-0.4, -0.2) is 36.0 Å². The second kappa shape index (κ2) is 10.9. The van der Waals surface area contributed by atoms with E-state index in [1.165, 1.54) is 24.1 Å². The molecule has 0 saturated heterocycles. The maximum absolute atomic E-state index is 12.4. The molecule has 0 atom stereocenters. The molecule has 25 heavy (non-hydrogen) atoms. The third kappa shape index (κ3) is 7.30. The molecule has 2 rings (SSSR count). The molecule has 2 N–H and O–H groups in total. The molecule has 1 saturated carbocycles. The Morgan fingerprint density at radius 1 is 1.32 bits per heavy atom. The van der Waals surface area contributed by atoms with Gasteiger partial charge in [-0.2, -0.15) is 0 Å². The molecule has 1 aliphatic rings. The second-order valence-electron chi connectivity index (χ2n) is 6.48. The van der Waals surface area contributed by atoms with Crippen molar-refractivity contribution in [3.63, 3.8) is 0 Å². The van der Waals surface area contributed by atoms with E-state index in [0.717, 1.165) is 12.8 Å². The van der Waals surface area contributed by atoms with Crippen molar-refractivity contribution in [2.75, 3.05) is 13.1 Å². The number of nitrogens with one attached hydrogen (secondary N) is 2. The summed E-state index contributed by atoms with van der Waals surface area (Å²) in [5.74, 6) is 0.0998. The van der Waals surface area contributed by atoms with E-state index in [0.29, 0.717) is 38.5 Å². The van der Waals surface area contributed by atoms with Gasteiger partial charge in [-0.15, -0.1) is 17.9 Å². The number of amides is 3. The highest BCUT2D eigenvalue weighted by Gasteiger charge is 2.16. The summed E-state index contributed by atoms with van der Waals surface area (Å²) >= 11 is 1.65. The second-order valence-corrected chi connectivity index (χ2v) is 7.51. The normalized spacial score (nSPS) is 14.7. The van der Waals surface area contributed by atoms with Crippen LogP contribution in [0.2, 0.25) is 0 Å². The minimum Gasteiger partial charge on any atom is -0.338 e. The molecular formula is C19H29N3O2S. The summed E-state index contributed by atoms with van der Waals surface area (Å²) in [6.07, 6.45) is 8.65. The van der Waals surface area contributed by atoms with Crippen LogP contribution < -0.4 is 10.6 Å². The highest BCUT2D eigenvalue weighted by molar-refractivity contribution is 7.09. The Morgan fingerprint density at radius 3 is 2.80 bits per heavy atom. The van der Waals surface area contributed by atoms with Crippen LogP contribution in [-0.2, 0) is 11.3 Å². The summed E-state index contributed by atoms with van der Waals surface area (Å²) in [6, 6.07) is 4.22. The van der Waals surface area contributed by atoms with Crippen LogP contribution in [0.1, 0.15) is 49.8 Å². The highest BCUT2D eigenvalue weighted by atomic mass is 32.1. The molecule has 6 heteroatoms. The molecule has 138 valence electrons. The van der Waals surface area contributed by atoms with Crippen LogP contribution in [0.4, 0.5) is 4.79 Å². The number of thiophene rings is 1. The number of urea groups is 1. The fraction of sp³-hybridized carbons (Fsp3) is 0.579. The SMILES string of the molecule is C=CCN(Cc1cccs1)C(=O)CCCNC(=O)NC1CCCCC1. The van der Waals surface area contributed by atoms with Gasteiger partial charge in [0.1, 0.15) is 0 Å². The first-order valence-electron chi connectivity index (χ1n) is 9.14. The van der Waals surface area contributed by atoms with Crippen LogP contribution in [0.15, 0.2) is 30.2 Å². The van der Waals surface area contributed by atoms with Crippen molar-refractivity contribution in [1.82, 2.24) is 15.5 Å². The van der Waals surface area contributed by atoms with E-state index in [-0.39, 0.29) is 11.9 Å². The number of hydrogen-bond donors (Lipinski definition) is 2. The number of nitrogens with zero attached hydrogens (tertiary/aromatic N) is 1. The minimum absolute atomic E-state index is 0.0998. The van der Waals surface area contributed by atoms with E-state index in [9.17, 15) is 9.59 Å². The maximum atomic E-state index is 12.4. The summed E-state index contributed by atoms with van der Waals surface area (Å²) in [5.41, 5.74) is 0. The predicted octanol–water partition coefficient (Wildman–Crippen LogP) is 3.67. The molecule has 1 aromatic rings. The lowest BCUT2D eigenvalue weighted by molar-refractivity contribution is -0.131. The van der Waals surface area contributed by atoms with Gasteiger partial charge in [-0.1, -0.05) is 31.4 Å². The van der Waals surface area contributed by atoms with Crippen LogP contribution in [0, 0.1) is 0 Å². The molecule has 1 heterocycles. The molecule has 0 radical (unpaired) electrons. The molecule has 3 amide bonds. The molecule has 0 bridgehead atoms. The van der Waals surface area contributed by atoms with Gasteiger partial charge in [-0.25, -0.2) is 4.79 Å². The summed E-state index contributed by atoms with van der Waals surface area (Å²) in [4.78, 5) is 27.2. The third-order valence-corrected chi connectivity index (χ3v) is 5.28. The Labute approximate surface area is 154 Å². The minimum atomic E-state index is -0.110. The summed E-state index contributed by atoms with van der Waals surface area (Å²) in [7, 11) is 0. The van der Waals surface area contributed by atoms with E-state index in [2.05, 4.69) is 17.2 Å². The van der Waals surface area contributed by atoms with E-state index in [1.54, 1.807) is 22.3 Å². The molecule has 0 aromatic carbocycles. The summed E-state index contributed by atoms with van der Waals surface area (Å²) in [5, 5.41) is 7.90. The van der Waals surface area contributed by atoms with Gasteiger partial charge in [-0.3, -0.25) is 4.79 Å². The van der Waals surface area contributed by atoms with Crippen LogP contribution in [0.3, 0.4) is 0 Å². The number of carbonyl (C=O) groups is 2. The fourth-order valence-corrected chi connectivity index (χ4v) is 3.80.